The lowest BCUT2D eigenvalue weighted by molar-refractivity contribution is 0.344. The fourth-order valence-corrected chi connectivity index (χ4v) is 3.87. The molecule has 4 aromatic rings. The monoisotopic (exact) mass is 417 g/mol. The van der Waals surface area contributed by atoms with Gasteiger partial charge in [0.15, 0.2) is 11.0 Å². The van der Waals surface area contributed by atoms with Gasteiger partial charge in [-0.25, -0.2) is 0 Å². The van der Waals surface area contributed by atoms with Crippen LogP contribution in [0.5, 0.6) is 11.5 Å². The van der Waals surface area contributed by atoms with Crippen molar-refractivity contribution in [3.05, 3.63) is 84.4 Å². The molecule has 6 heteroatoms. The van der Waals surface area contributed by atoms with Gasteiger partial charge in [0.05, 0.1) is 19.3 Å². The topological polar surface area (TPSA) is 49.2 Å². The van der Waals surface area contributed by atoms with E-state index in [1.165, 1.54) is 5.56 Å². The van der Waals surface area contributed by atoms with Crippen LogP contribution < -0.4 is 9.47 Å². The Labute approximate surface area is 180 Å². The Kier molecular flexibility index (Phi) is 6.35. The fourth-order valence-electron chi connectivity index (χ4n) is 3.10. The van der Waals surface area contributed by atoms with Crippen LogP contribution in [0.25, 0.3) is 17.1 Å². The second kappa shape index (κ2) is 9.50. The van der Waals surface area contributed by atoms with Gasteiger partial charge in [-0.3, -0.25) is 4.57 Å². The molecule has 3 aromatic carbocycles. The highest BCUT2D eigenvalue weighted by Crippen LogP contribution is 2.33. The highest BCUT2D eigenvalue weighted by atomic mass is 32.2. The quantitative estimate of drug-likeness (QED) is 0.283. The molecule has 0 atom stereocenters. The summed E-state index contributed by atoms with van der Waals surface area (Å²) in [7, 11) is 1.67. The lowest BCUT2D eigenvalue weighted by atomic mass is 10.2. The van der Waals surface area contributed by atoms with E-state index in [0.29, 0.717) is 6.61 Å². The third-order valence-corrected chi connectivity index (χ3v) is 5.49. The molecular weight excluding hydrogens is 394 g/mol. The molecule has 5 nitrogen and oxygen atoms in total. The number of ether oxygens (including phenoxy) is 2. The Morgan fingerprint density at radius 2 is 1.60 bits per heavy atom. The lowest BCUT2D eigenvalue weighted by Gasteiger charge is -2.12. The maximum atomic E-state index is 5.86. The van der Waals surface area contributed by atoms with E-state index in [2.05, 4.69) is 33.8 Å². The SMILES string of the molecule is COc1ccccc1-c1nnc(SCCOc2ccc(C)cc2)n1-c1ccccc1. The van der Waals surface area contributed by atoms with Gasteiger partial charge in [-0.15, -0.1) is 10.2 Å². The van der Waals surface area contributed by atoms with Crippen LogP contribution in [0, 0.1) is 6.92 Å². The van der Waals surface area contributed by atoms with Crippen molar-refractivity contribution in [3.8, 4) is 28.6 Å². The van der Waals surface area contributed by atoms with E-state index in [1.54, 1.807) is 18.9 Å². The second-order valence-electron chi connectivity index (χ2n) is 6.69. The van der Waals surface area contributed by atoms with Gasteiger partial charge >= 0.3 is 0 Å². The first-order valence-corrected chi connectivity index (χ1v) is 10.7. The number of hydrogen-bond donors (Lipinski definition) is 0. The van der Waals surface area contributed by atoms with Gasteiger partial charge in [0.25, 0.3) is 0 Å². The first-order chi connectivity index (χ1) is 14.8. The summed E-state index contributed by atoms with van der Waals surface area (Å²) in [5.41, 5.74) is 3.13. The van der Waals surface area contributed by atoms with Crippen LogP contribution in [0.15, 0.2) is 84.0 Å². The predicted molar refractivity (Wildman–Crippen MR) is 121 cm³/mol. The third kappa shape index (κ3) is 4.49. The molecule has 1 aromatic heterocycles. The van der Waals surface area contributed by atoms with E-state index >= 15 is 0 Å². The summed E-state index contributed by atoms with van der Waals surface area (Å²) >= 11 is 1.62. The van der Waals surface area contributed by atoms with E-state index in [1.807, 2.05) is 66.7 Å². The third-order valence-electron chi connectivity index (χ3n) is 4.60. The number of aromatic nitrogens is 3. The largest absolute Gasteiger partial charge is 0.496 e. The van der Waals surface area contributed by atoms with Crippen molar-refractivity contribution in [1.82, 2.24) is 14.8 Å². The number of para-hydroxylation sites is 2. The highest BCUT2D eigenvalue weighted by Gasteiger charge is 2.18. The molecule has 0 saturated carbocycles. The zero-order valence-corrected chi connectivity index (χ0v) is 17.8. The maximum absolute atomic E-state index is 5.86. The molecule has 0 spiro atoms. The zero-order valence-electron chi connectivity index (χ0n) is 17.0. The molecule has 152 valence electrons. The summed E-state index contributed by atoms with van der Waals surface area (Å²) in [6, 6.07) is 26.1. The molecule has 0 aliphatic rings. The number of aryl methyl sites for hydroxylation is 1. The number of hydrogen-bond acceptors (Lipinski definition) is 5. The molecule has 0 saturated heterocycles. The van der Waals surface area contributed by atoms with Gasteiger partial charge in [0, 0.05) is 11.4 Å². The maximum Gasteiger partial charge on any atom is 0.196 e. The normalized spacial score (nSPS) is 10.7. The summed E-state index contributed by atoms with van der Waals surface area (Å²) in [6.07, 6.45) is 0. The molecule has 0 unspecified atom stereocenters. The molecule has 0 aliphatic heterocycles. The van der Waals surface area contributed by atoms with Crippen molar-refractivity contribution in [3.63, 3.8) is 0 Å². The second-order valence-corrected chi connectivity index (χ2v) is 7.75. The average Bonchev–Trinajstić information content (AvgIpc) is 3.22. The zero-order chi connectivity index (χ0) is 20.8. The van der Waals surface area contributed by atoms with Crippen molar-refractivity contribution in [1.29, 1.82) is 0 Å². The van der Waals surface area contributed by atoms with E-state index in [-0.39, 0.29) is 0 Å². The summed E-state index contributed by atoms with van der Waals surface area (Å²) in [5.74, 6) is 3.15. The smallest absolute Gasteiger partial charge is 0.196 e. The van der Waals surface area contributed by atoms with Gasteiger partial charge in [0.2, 0.25) is 0 Å². The molecule has 0 radical (unpaired) electrons. The summed E-state index contributed by atoms with van der Waals surface area (Å²) in [5, 5.41) is 9.77. The minimum Gasteiger partial charge on any atom is -0.496 e. The Morgan fingerprint density at radius 3 is 2.37 bits per heavy atom. The van der Waals surface area contributed by atoms with Gasteiger partial charge < -0.3 is 9.47 Å². The van der Waals surface area contributed by atoms with Crippen molar-refractivity contribution in [2.24, 2.45) is 0 Å². The first kappa shape index (κ1) is 20.0. The van der Waals surface area contributed by atoms with Gasteiger partial charge in [0.1, 0.15) is 11.5 Å². The van der Waals surface area contributed by atoms with Gasteiger partial charge in [-0.2, -0.15) is 0 Å². The Hall–Kier alpha value is -3.25. The van der Waals surface area contributed by atoms with E-state index in [0.717, 1.165) is 39.5 Å². The molecule has 0 aliphatic carbocycles. The van der Waals surface area contributed by atoms with Crippen LogP contribution in [0.2, 0.25) is 0 Å². The van der Waals surface area contributed by atoms with Crippen molar-refractivity contribution in [2.45, 2.75) is 12.1 Å². The Bertz CT molecular complexity index is 1100. The van der Waals surface area contributed by atoms with Crippen molar-refractivity contribution < 1.29 is 9.47 Å². The van der Waals surface area contributed by atoms with Crippen LogP contribution in [0.3, 0.4) is 0 Å². The Morgan fingerprint density at radius 1 is 0.867 bits per heavy atom. The van der Waals surface area contributed by atoms with E-state index in [4.69, 9.17) is 9.47 Å². The summed E-state index contributed by atoms with van der Waals surface area (Å²) < 4.78 is 13.5. The molecule has 0 N–H and O–H groups in total. The van der Waals surface area contributed by atoms with Crippen LogP contribution in [0.1, 0.15) is 5.56 Å². The molecular formula is C24H23N3O2S. The van der Waals surface area contributed by atoms with Gasteiger partial charge in [-0.05, 0) is 43.3 Å². The molecule has 0 fully saturated rings. The average molecular weight is 418 g/mol. The first-order valence-electron chi connectivity index (χ1n) is 9.73. The van der Waals surface area contributed by atoms with Crippen molar-refractivity contribution >= 4 is 11.8 Å². The number of methoxy groups -OCH3 is 1. The number of benzene rings is 3. The molecule has 1 heterocycles. The predicted octanol–water partition coefficient (Wildman–Crippen LogP) is 5.42. The van der Waals surface area contributed by atoms with Crippen LogP contribution in [0.4, 0.5) is 0 Å². The summed E-state index contributed by atoms with van der Waals surface area (Å²) in [4.78, 5) is 0. The van der Waals surface area contributed by atoms with Crippen molar-refractivity contribution in [2.75, 3.05) is 19.5 Å². The number of rotatable bonds is 8. The highest BCUT2D eigenvalue weighted by molar-refractivity contribution is 7.99. The molecule has 30 heavy (non-hydrogen) atoms. The van der Waals surface area contributed by atoms with E-state index in [9.17, 15) is 0 Å². The lowest BCUT2D eigenvalue weighted by Crippen LogP contribution is -2.04. The molecule has 0 bridgehead atoms. The number of thioether (sulfide) groups is 1. The fraction of sp³-hybridized carbons (Fsp3) is 0.167. The molecule has 0 amide bonds. The van der Waals surface area contributed by atoms with Crippen LogP contribution >= 0.6 is 11.8 Å². The number of nitrogens with zero attached hydrogens (tertiary/aromatic N) is 3. The van der Waals surface area contributed by atoms with E-state index < -0.39 is 0 Å². The van der Waals surface area contributed by atoms with Gasteiger partial charge in [-0.1, -0.05) is 59.8 Å². The van der Waals surface area contributed by atoms with Crippen LogP contribution in [-0.2, 0) is 0 Å². The summed E-state index contributed by atoms with van der Waals surface area (Å²) in [6.45, 7) is 2.65. The standard InChI is InChI=1S/C24H23N3O2S/c1-18-12-14-20(15-13-18)29-16-17-30-24-26-25-23(21-10-6-7-11-22(21)28-2)27(24)19-8-4-3-5-9-19/h3-15H,16-17H2,1-2H3. The van der Waals surface area contributed by atoms with Crippen LogP contribution in [-0.4, -0.2) is 34.2 Å². The minimum atomic E-state index is 0.583. The minimum absolute atomic E-state index is 0.583. The Balaban J connectivity index is 1.57. The molecule has 4 rings (SSSR count).